The van der Waals surface area contributed by atoms with Crippen LogP contribution in [0.2, 0.25) is 5.02 Å². The van der Waals surface area contributed by atoms with Crippen LogP contribution in [0, 0.1) is 0 Å². The maximum absolute atomic E-state index is 12.5. The topological polar surface area (TPSA) is 148 Å². The number of hydrogen-bond donors (Lipinski definition) is 4. The number of aliphatic hydroxyl groups excluding tert-OH is 3. The van der Waals surface area contributed by atoms with Crippen molar-refractivity contribution in [2.45, 2.75) is 49.4 Å². The first kappa shape index (κ1) is 28.4. The molecule has 5 N–H and O–H groups in total. The molecule has 1 aliphatic rings. The van der Waals surface area contributed by atoms with E-state index < -0.39 is 42.5 Å². The van der Waals surface area contributed by atoms with Crippen LogP contribution in [0.3, 0.4) is 0 Å². The monoisotopic (exact) mass is 584 g/mol. The minimum absolute atomic E-state index is 0.285. The van der Waals surface area contributed by atoms with Gasteiger partial charge in [-0.25, -0.2) is 4.98 Å². The van der Waals surface area contributed by atoms with Gasteiger partial charge in [-0.2, -0.15) is 0 Å². The van der Waals surface area contributed by atoms with Crippen LogP contribution in [0.15, 0.2) is 77.5 Å². The average Bonchev–Trinajstić information content (AvgIpc) is 3.66. The van der Waals surface area contributed by atoms with Gasteiger partial charge < -0.3 is 34.9 Å². The Hall–Kier alpha value is -3.09. The van der Waals surface area contributed by atoms with Crippen molar-refractivity contribution in [2.75, 3.05) is 6.61 Å². The molecule has 9 nitrogen and oxygen atoms in total. The molecule has 1 unspecified atom stereocenters. The number of nitrogens with zero attached hydrogens (tertiary/aromatic N) is 1. The Bertz CT molecular complexity index is 1420. The Labute approximate surface area is 239 Å². The molecule has 4 aromatic rings. The third-order valence-corrected chi connectivity index (χ3v) is 8.14. The number of benzene rings is 2. The van der Waals surface area contributed by atoms with Crippen LogP contribution in [-0.2, 0) is 27.1 Å². The van der Waals surface area contributed by atoms with Crippen LogP contribution in [0.4, 0.5) is 0 Å². The molecular weight excluding hydrogens is 556 g/mol. The van der Waals surface area contributed by atoms with Gasteiger partial charge in [0.1, 0.15) is 48.9 Å². The van der Waals surface area contributed by atoms with Crippen molar-refractivity contribution < 1.29 is 34.0 Å². The van der Waals surface area contributed by atoms with Crippen molar-refractivity contribution in [2.24, 2.45) is 5.73 Å². The van der Waals surface area contributed by atoms with Gasteiger partial charge in [0.05, 0.1) is 16.1 Å². The second-order valence-corrected chi connectivity index (χ2v) is 11.1. The molecule has 0 amide bonds. The summed E-state index contributed by atoms with van der Waals surface area (Å²) in [7, 11) is 0. The van der Waals surface area contributed by atoms with Gasteiger partial charge in [0.25, 0.3) is 0 Å². The molecule has 0 aliphatic carbocycles. The molecule has 2 aromatic heterocycles. The number of hydrogen-bond acceptors (Lipinski definition) is 10. The fourth-order valence-electron chi connectivity index (χ4n) is 4.58. The van der Waals surface area contributed by atoms with Crippen LogP contribution in [0.5, 0.6) is 0 Å². The third kappa shape index (κ3) is 6.45. The van der Waals surface area contributed by atoms with Crippen molar-refractivity contribution in [1.29, 1.82) is 0 Å². The Morgan fingerprint density at radius 1 is 1.07 bits per heavy atom. The largest absolute Gasteiger partial charge is 0.463 e. The number of esters is 1. The summed E-state index contributed by atoms with van der Waals surface area (Å²) in [5.74, 6) is 0.0607. The molecule has 1 saturated heterocycles. The maximum Gasteiger partial charge on any atom is 0.323 e. The van der Waals surface area contributed by atoms with E-state index in [0.29, 0.717) is 17.0 Å². The standard InChI is InChI=1S/C29H29ClN2O7S/c30-19-9-8-17(12-18(19)13-24-32-14-23(40-24)21-7-4-10-37-21)28-27(35)26(34)25(33)22(39-28)15-38-29(36)20(31)11-16-5-2-1-3-6-16/h1-10,12,14,20,22,25-28,33-35H,11,13,15,31H2/t20?,22-,25+,26-,27-,28+/m1/s1. The van der Waals surface area contributed by atoms with Crippen molar-refractivity contribution in [1.82, 2.24) is 4.98 Å². The first-order chi connectivity index (χ1) is 19.3. The molecule has 0 bridgehead atoms. The van der Waals surface area contributed by atoms with Crippen LogP contribution in [0.1, 0.15) is 27.8 Å². The number of carbonyl (C=O) groups excluding carboxylic acids is 1. The number of aromatic nitrogens is 1. The fraction of sp³-hybridized carbons (Fsp3) is 0.310. The van der Waals surface area contributed by atoms with Crippen LogP contribution >= 0.6 is 22.9 Å². The van der Waals surface area contributed by atoms with Gasteiger partial charge in [-0.3, -0.25) is 4.79 Å². The Morgan fingerprint density at radius 3 is 2.62 bits per heavy atom. The number of carbonyl (C=O) groups is 1. The van der Waals surface area contributed by atoms with E-state index in [4.69, 9.17) is 31.2 Å². The summed E-state index contributed by atoms with van der Waals surface area (Å²) < 4.78 is 16.7. The quantitative estimate of drug-likeness (QED) is 0.217. The highest BCUT2D eigenvalue weighted by Gasteiger charge is 2.45. The molecule has 11 heteroatoms. The molecule has 210 valence electrons. The van der Waals surface area contributed by atoms with Gasteiger partial charge in [-0.15, -0.1) is 11.3 Å². The smallest absolute Gasteiger partial charge is 0.323 e. The molecule has 0 spiro atoms. The lowest BCUT2D eigenvalue weighted by molar-refractivity contribution is -0.234. The average molecular weight is 585 g/mol. The van der Waals surface area contributed by atoms with Crippen LogP contribution < -0.4 is 5.73 Å². The number of furan rings is 1. The summed E-state index contributed by atoms with van der Waals surface area (Å²) in [5, 5.41) is 33.2. The lowest BCUT2D eigenvalue weighted by Crippen LogP contribution is -2.55. The molecule has 1 aliphatic heterocycles. The summed E-state index contributed by atoms with van der Waals surface area (Å²) in [6.45, 7) is -0.349. The molecule has 5 rings (SSSR count). The lowest BCUT2D eigenvalue weighted by Gasteiger charge is -2.40. The molecule has 2 aromatic carbocycles. The van der Waals surface area contributed by atoms with Crippen molar-refractivity contribution in [3.8, 4) is 10.6 Å². The molecular formula is C29H29ClN2O7S. The summed E-state index contributed by atoms with van der Waals surface area (Å²) in [4.78, 5) is 17.9. The zero-order valence-corrected chi connectivity index (χ0v) is 22.9. The van der Waals surface area contributed by atoms with Crippen LogP contribution in [0.25, 0.3) is 10.6 Å². The predicted molar refractivity (Wildman–Crippen MR) is 149 cm³/mol. The van der Waals surface area contributed by atoms with E-state index in [1.165, 1.54) is 11.3 Å². The number of halogens is 1. The Morgan fingerprint density at radius 2 is 1.88 bits per heavy atom. The highest BCUT2D eigenvalue weighted by molar-refractivity contribution is 7.15. The number of nitrogens with two attached hydrogens (primary N) is 1. The summed E-state index contributed by atoms with van der Waals surface area (Å²) in [5.41, 5.74) is 8.16. The Balaban J connectivity index is 1.26. The molecule has 3 heterocycles. The zero-order chi connectivity index (χ0) is 28.2. The number of ether oxygens (including phenoxy) is 2. The number of rotatable bonds is 9. The van der Waals surface area contributed by atoms with Gasteiger partial charge in [0, 0.05) is 17.6 Å². The summed E-state index contributed by atoms with van der Waals surface area (Å²) in [6.07, 6.45) is -2.50. The van der Waals surface area contributed by atoms with E-state index >= 15 is 0 Å². The van der Waals surface area contributed by atoms with Crippen molar-refractivity contribution in [3.05, 3.63) is 99.8 Å². The van der Waals surface area contributed by atoms with E-state index in [0.717, 1.165) is 26.8 Å². The second kappa shape index (κ2) is 12.6. The molecule has 40 heavy (non-hydrogen) atoms. The zero-order valence-electron chi connectivity index (χ0n) is 21.3. The first-order valence-corrected chi connectivity index (χ1v) is 13.9. The molecule has 0 radical (unpaired) electrons. The Kier molecular flexibility index (Phi) is 8.97. The molecule has 6 atom stereocenters. The highest BCUT2D eigenvalue weighted by atomic mass is 35.5. The van der Waals surface area contributed by atoms with E-state index in [2.05, 4.69) is 4.98 Å². The van der Waals surface area contributed by atoms with Crippen molar-refractivity contribution >= 4 is 28.9 Å². The van der Waals surface area contributed by atoms with Crippen molar-refractivity contribution in [3.63, 3.8) is 0 Å². The number of thiazole rings is 1. The van der Waals surface area contributed by atoms with Gasteiger partial charge in [-0.05, 0) is 41.3 Å². The second-order valence-electron chi connectivity index (χ2n) is 9.62. The SMILES string of the molecule is NC(Cc1ccccc1)C(=O)OC[C@H]1O[C@@H](c2ccc(Cl)c(Cc3ncc(-c4ccco4)s3)c2)[C@H](O)[C@H](O)[C@H]1O. The highest BCUT2D eigenvalue weighted by Crippen LogP contribution is 2.35. The van der Waals surface area contributed by atoms with Gasteiger partial charge >= 0.3 is 5.97 Å². The van der Waals surface area contributed by atoms with E-state index in [1.54, 1.807) is 30.7 Å². The summed E-state index contributed by atoms with van der Waals surface area (Å²) in [6, 6.07) is 17.2. The first-order valence-electron chi connectivity index (χ1n) is 12.7. The molecule has 1 fully saturated rings. The fourth-order valence-corrected chi connectivity index (χ4v) is 5.67. The normalized spacial score (nSPS) is 23.6. The van der Waals surface area contributed by atoms with Crippen LogP contribution in [-0.4, -0.2) is 63.3 Å². The summed E-state index contributed by atoms with van der Waals surface area (Å²) >= 11 is 7.95. The van der Waals surface area contributed by atoms with Gasteiger partial charge in [0.2, 0.25) is 0 Å². The van der Waals surface area contributed by atoms with E-state index in [-0.39, 0.29) is 13.0 Å². The number of aliphatic hydroxyl groups is 3. The lowest BCUT2D eigenvalue weighted by atomic mass is 9.90. The van der Waals surface area contributed by atoms with E-state index in [9.17, 15) is 20.1 Å². The van der Waals surface area contributed by atoms with Gasteiger partial charge in [-0.1, -0.05) is 54.1 Å². The van der Waals surface area contributed by atoms with Gasteiger partial charge in [0.15, 0.2) is 0 Å². The minimum atomic E-state index is -1.53. The minimum Gasteiger partial charge on any atom is -0.463 e. The molecule has 0 saturated carbocycles. The maximum atomic E-state index is 12.5. The third-order valence-electron chi connectivity index (χ3n) is 6.76. The predicted octanol–water partition coefficient (Wildman–Crippen LogP) is 3.28. The van der Waals surface area contributed by atoms with E-state index in [1.807, 2.05) is 42.5 Å².